The van der Waals surface area contributed by atoms with Crippen molar-refractivity contribution in [1.82, 2.24) is 0 Å². The Morgan fingerprint density at radius 1 is 0.816 bits per heavy atom. The van der Waals surface area contributed by atoms with Crippen LogP contribution >= 0.6 is 0 Å². The summed E-state index contributed by atoms with van der Waals surface area (Å²) in [5.74, 6) is 2.13. The molecule has 0 saturated heterocycles. The zero-order chi connectivity index (χ0) is 35.0. The molecule has 49 heavy (non-hydrogen) atoms. The fourth-order valence-electron chi connectivity index (χ4n) is 13.4. The molecule has 0 bridgehead atoms. The van der Waals surface area contributed by atoms with E-state index < -0.39 is 5.41 Å². The van der Waals surface area contributed by atoms with Gasteiger partial charge in [0.15, 0.2) is 0 Å². The minimum absolute atomic E-state index is 0.0135. The number of rotatable bonds is 6. The van der Waals surface area contributed by atoms with E-state index in [1.807, 2.05) is 30.3 Å². The summed E-state index contributed by atoms with van der Waals surface area (Å²) in [5, 5.41) is 0. The van der Waals surface area contributed by atoms with Crippen molar-refractivity contribution in [2.75, 3.05) is 7.11 Å². The molecule has 3 unspecified atom stereocenters. The topological polar surface area (TPSA) is 52.6 Å². The average Bonchev–Trinajstić information content (AvgIpc) is 3.49. The van der Waals surface area contributed by atoms with Gasteiger partial charge in [0.25, 0.3) is 0 Å². The number of allylic oxidation sites excluding steroid dienone is 3. The first-order valence-electron chi connectivity index (χ1n) is 19.0. The first kappa shape index (κ1) is 34.3. The Morgan fingerprint density at radius 3 is 2.20 bits per heavy atom. The van der Waals surface area contributed by atoms with E-state index in [2.05, 4.69) is 78.5 Å². The van der Waals surface area contributed by atoms with Gasteiger partial charge in [0, 0.05) is 0 Å². The Morgan fingerprint density at radius 2 is 1.53 bits per heavy atom. The van der Waals surface area contributed by atoms with Crippen LogP contribution in [0, 0.1) is 56.7 Å². The van der Waals surface area contributed by atoms with Crippen LogP contribution in [0.1, 0.15) is 121 Å². The Balaban J connectivity index is 1.19. The monoisotopic (exact) mass is 662 g/mol. The van der Waals surface area contributed by atoms with E-state index in [1.165, 1.54) is 49.5 Å². The van der Waals surface area contributed by atoms with E-state index in [1.54, 1.807) is 0 Å². The molecular formula is C45H58O4. The molecule has 5 aliphatic rings. The van der Waals surface area contributed by atoms with Crippen molar-refractivity contribution < 1.29 is 19.1 Å². The van der Waals surface area contributed by atoms with Gasteiger partial charge >= 0.3 is 11.9 Å². The minimum Gasteiger partial charge on any atom is -0.465 e. The number of benzene rings is 2. The third-order valence-electron chi connectivity index (χ3n) is 15.9. The predicted molar refractivity (Wildman–Crippen MR) is 196 cm³/mol. The van der Waals surface area contributed by atoms with E-state index >= 15 is 0 Å². The molecule has 0 aliphatic heterocycles. The van der Waals surface area contributed by atoms with E-state index in [-0.39, 0.29) is 33.6 Å². The van der Waals surface area contributed by atoms with Crippen molar-refractivity contribution in [3.63, 3.8) is 0 Å². The smallest absolute Gasteiger partial charge is 0.337 e. The van der Waals surface area contributed by atoms with E-state index in [9.17, 15) is 9.59 Å². The van der Waals surface area contributed by atoms with Crippen LogP contribution in [-0.4, -0.2) is 19.0 Å². The fourth-order valence-corrected chi connectivity index (χ4v) is 13.4. The molecule has 7 rings (SSSR count). The zero-order valence-electron chi connectivity index (χ0n) is 31.1. The summed E-state index contributed by atoms with van der Waals surface area (Å²) >= 11 is 0. The number of fused-ring (bicyclic) bond motifs is 7. The number of esters is 2. The molecule has 0 heterocycles. The SMILES string of the molecule is C=C(C)[C@@H]1CC[C@]2(C(=O)OCc3ccccc3)CC[C@]3(C)[C@H](CCC4[C@@]5(C)CC=C(c6ccc(C(=O)OC)cc6)C(C)(C)C5CC[C@]43C)C12. The van der Waals surface area contributed by atoms with Gasteiger partial charge in [-0.2, -0.15) is 0 Å². The van der Waals surface area contributed by atoms with Gasteiger partial charge in [-0.1, -0.05) is 95.3 Å². The van der Waals surface area contributed by atoms with Gasteiger partial charge in [-0.15, -0.1) is 0 Å². The Bertz CT molecular complexity index is 1650. The summed E-state index contributed by atoms with van der Waals surface area (Å²) in [6, 6.07) is 18.2. The predicted octanol–water partition coefficient (Wildman–Crippen LogP) is 10.9. The number of carbonyl (C=O) groups excluding carboxylic acids is 2. The van der Waals surface area contributed by atoms with Gasteiger partial charge in [-0.05, 0) is 145 Å². The van der Waals surface area contributed by atoms with Gasteiger partial charge in [-0.25, -0.2) is 4.79 Å². The molecule has 5 aliphatic carbocycles. The summed E-state index contributed by atoms with van der Waals surface area (Å²) in [4.78, 5) is 26.5. The van der Waals surface area contributed by atoms with Gasteiger partial charge in [0.2, 0.25) is 0 Å². The maximum absolute atomic E-state index is 14.3. The lowest BCUT2D eigenvalue weighted by molar-refractivity contribution is -0.229. The number of carbonyl (C=O) groups is 2. The molecule has 0 N–H and O–H groups in total. The van der Waals surface area contributed by atoms with Crippen molar-refractivity contribution in [1.29, 1.82) is 0 Å². The fraction of sp³-hybridized carbons (Fsp3) is 0.600. The molecule has 0 radical (unpaired) electrons. The Kier molecular flexibility index (Phi) is 8.39. The molecule has 262 valence electrons. The molecule has 4 fully saturated rings. The van der Waals surface area contributed by atoms with Crippen LogP contribution in [0.4, 0.5) is 0 Å². The minimum atomic E-state index is -0.402. The molecule has 4 saturated carbocycles. The molecule has 0 spiro atoms. The first-order chi connectivity index (χ1) is 23.2. The summed E-state index contributed by atoms with van der Waals surface area (Å²) in [6.07, 6.45) is 12.5. The van der Waals surface area contributed by atoms with Crippen molar-refractivity contribution in [3.8, 4) is 0 Å². The third-order valence-corrected chi connectivity index (χ3v) is 15.9. The Hall–Kier alpha value is -3.14. The maximum Gasteiger partial charge on any atom is 0.337 e. The van der Waals surface area contributed by atoms with Crippen LogP contribution in [-0.2, 0) is 20.9 Å². The van der Waals surface area contributed by atoms with Crippen LogP contribution < -0.4 is 0 Å². The quantitative estimate of drug-likeness (QED) is 0.228. The van der Waals surface area contributed by atoms with E-state index in [0.717, 1.165) is 37.7 Å². The van der Waals surface area contributed by atoms with Crippen molar-refractivity contribution in [3.05, 3.63) is 89.5 Å². The number of hydrogen-bond acceptors (Lipinski definition) is 4. The van der Waals surface area contributed by atoms with Crippen LogP contribution in [0.25, 0.3) is 5.57 Å². The lowest BCUT2D eigenvalue weighted by atomic mass is 9.32. The molecule has 2 aromatic carbocycles. The third kappa shape index (κ3) is 4.96. The molecule has 9 atom stereocenters. The number of methoxy groups -OCH3 is 1. The second kappa shape index (κ2) is 12.0. The molecule has 0 amide bonds. The molecule has 4 nitrogen and oxygen atoms in total. The average molecular weight is 663 g/mol. The summed E-state index contributed by atoms with van der Waals surface area (Å²) in [6.45, 7) is 19.9. The highest BCUT2D eigenvalue weighted by Gasteiger charge is 2.71. The largest absolute Gasteiger partial charge is 0.465 e. The van der Waals surface area contributed by atoms with Crippen LogP contribution in [0.3, 0.4) is 0 Å². The molecule has 0 aromatic heterocycles. The van der Waals surface area contributed by atoms with Gasteiger partial charge in [-0.3, -0.25) is 4.79 Å². The van der Waals surface area contributed by atoms with Gasteiger partial charge in [0.1, 0.15) is 6.61 Å². The number of ether oxygens (including phenoxy) is 2. The van der Waals surface area contributed by atoms with Gasteiger partial charge < -0.3 is 9.47 Å². The van der Waals surface area contributed by atoms with Gasteiger partial charge in [0.05, 0.1) is 18.1 Å². The maximum atomic E-state index is 14.3. The first-order valence-corrected chi connectivity index (χ1v) is 19.0. The summed E-state index contributed by atoms with van der Waals surface area (Å²) in [5.41, 5.74) is 5.72. The zero-order valence-corrected chi connectivity index (χ0v) is 31.1. The lowest BCUT2D eigenvalue weighted by Gasteiger charge is -2.72. The van der Waals surface area contributed by atoms with Crippen LogP contribution in [0.15, 0.2) is 72.8 Å². The van der Waals surface area contributed by atoms with Crippen molar-refractivity contribution in [2.45, 2.75) is 106 Å². The lowest BCUT2D eigenvalue weighted by Crippen LogP contribution is -2.66. The van der Waals surface area contributed by atoms with E-state index in [0.29, 0.717) is 41.8 Å². The highest BCUT2D eigenvalue weighted by Crippen LogP contribution is 2.77. The highest BCUT2D eigenvalue weighted by molar-refractivity contribution is 5.90. The van der Waals surface area contributed by atoms with Crippen molar-refractivity contribution in [2.24, 2.45) is 56.7 Å². The molecule has 2 aromatic rings. The van der Waals surface area contributed by atoms with Crippen LogP contribution in [0.5, 0.6) is 0 Å². The molecular weight excluding hydrogens is 604 g/mol. The van der Waals surface area contributed by atoms with E-state index in [4.69, 9.17) is 9.47 Å². The standard InChI is InChI=1S/C45H58O4/c1-29(2)33-20-25-45(40(47)49-28-30-12-10-9-11-13-30)27-26-43(6)35(38(33)45)18-19-37-42(5)23-21-34(31-14-16-32(17-15-31)39(46)48-8)41(3,4)36(42)22-24-44(37,43)7/h9-17,21,33,35-38H,1,18-20,22-28H2,2-8H3/t33-,35+,36?,37?,38?,42-,43+,44+,45-/m0/s1. The summed E-state index contributed by atoms with van der Waals surface area (Å²) < 4.78 is 11.2. The normalized spacial score (nSPS) is 38.9. The second-order valence-electron chi connectivity index (χ2n) is 18.0. The highest BCUT2D eigenvalue weighted by atomic mass is 16.5. The Labute approximate surface area is 295 Å². The number of hydrogen-bond donors (Lipinski definition) is 0. The summed E-state index contributed by atoms with van der Waals surface area (Å²) in [7, 11) is 1.44. The van der Waals surface area contributed by atoms with Crippen LogP contribution in [0.2, 0.25) is 0 Å². The second-order valence-corrected chi connectivity index (χ2v) is 18.0. The molecule has 4 heteroatoms. The van der Waals surface area contributed by atoms with Crippen molar-refractivity contribution >= 4 is 17.5 Å².